The van der Waals surface area contributed by atoms with Crippen molar-refractivity contribution in [1.82, 2.24) is 5.32 Å². The molecule has 0 aromatic rings. The number of carbonyl (C=O) groups is 2. The molecule has 0 aliphatic carbocycles. The first kappa shape index (κ1) is 72.1. The largest absolute Gasteiger partial charge is 0.466 e. The first-order valence-electron chi connectivity index (χ1n) is 33.3. The molecule has 436 valence electrons. The smallest absolute Gasteiger partial charge is 0.305 e. The van der Waals surface area contributed by atoms with Gasteiger partial charge in [-0.1, -0.05) is 301 Å². The summed E-state index contributed by atoms with van der Waals surface area (Å²) in [4.78, 5) is 24.5. The molecule has 0 saturated heterocycles. The van der Waals surface area contributed by atoms with Gasteiger partial charge in [-0.3, -0.25) is 9.59 Å². The number of carbonyl (C=O) groups excluding carboxylic acids is 2. The maximum absolute atomic E-state index is 12.5. The summed E-state index contributed by atoms with van der Waals surface area (Å²) in [6, 6.07) is -0.634. The molecule has 1 amide bonds. The van der Waals surface area contributed by atoms with Crippen LogP contribution in [0.3, 0.4) is 0 Å². The zero-order valence-corrected chi connectivity index (χ0v) is 49.8. The van der Waals surface area contributed by atoms with Crippen LogP contribution in [0.1, 0.15) is 361 Å². The normalized spacial score (nSPS) is 12.8. The van der Waals surface area contributed by atoms with Gasteiger partial charge < -0.3 is 20.3 Å². The first-order valence-corrected chi connectivity index (χ1v) is 33.3. The maximum atomic E-state index is 12.5. The molecule has 0 bridgehead atoms. The monoisotopic (exact) mass is 1040 g/mol. The van der Waals surface area contributed by atoms with Crippen LogP contribution in [0.2, 0.25) is 0 Å². The van der Waals surface area contributed by atoms with Crippen LogP contribution in [0.5, 0.6) is 0 Å². The van der Waals surface area contributed by atoms with Crippen LogP contribution < -0.4 is 5.32 Å². The summed E-state index contributed by atoms with van der Waals surface area (Å²) in [5, 5.41) is 23.2. The van der Waals surface area contributed by atoms with Gasteiger partial charge in [0.05, 0.1) is 25.4 Å². The van der Waals surface area contributed by atoms with E-state index in [1.807, 2.05) is 6.08 Å². The Labute approximate surface area is 462 Å². The Morgan fingerprint density at radius 2 is 0.635 bits per heavy atom. The van der Waals surface area contributed by atoms with Gasteiger partial charge >= 0.3 is 5.97 Å². The number of nitrogens with one attached hydrogen (secondary N) is 1. The van der Waals surface area contributed by atoms with Gasteiger partial charge in [0.1, 0.15) is 0 Å². The minimum absolute atomic E-state index is 0.00196. The van der Waals surface area contributed by atoms with Crippen LogP contribution in [-0.4, -0.2) is 47.4 Å². The van der Waals surface area contributed by atoms with E-state index >= 15 is 0 Å². The Bertz CT molecular complexity index is 1200. The van der Waals surface area contributed by atoms with E-state index < -0.39 is 12.1 Å². The highest BCUT2D eigenvalue weighted by Crippen LogP contribution is 2.18. The molecule has 0 aromatic carbocycles. The van der Waals surface area contributed by atoms with E-state index in [-0.39, 0.29) is 18.5 Å². The number of aliphatic hydroxyl groups excluding tert-OH is 2. The van der Waals surface area contributed by atoms with Crippen molar-refractivity contribution in [3.63, 3.8) is 0 Å². The molecule has 0 aromatic heterocycles. The Morgan fingerprint density at radius 1 is 0.365 bits per heavy atom. The summed E-state index contributed by atoms with van der Waals surface area (Å²) in [7, 11) is 0. The summed E-state index contributed by atoms with van der Waals surface area (Å²) < 4.78 is 5.47. The van der Waals surface area contributed by atoms with Crippen LogP contribution in [0.15, 0.2) is 36.5 Å². The molecule has 0 radical (unpaired) electrons. The summed E-state index contributed by atoms with van der Waals surface area (Å²) in [6.07, 6.45) is 80.6. The lowest BCUT2D eigenvalue weighted by Crippen LogP contribution is -2.45. The summed E-state index contributed by atoms with van der Waals surface area (Å²) in [6.45, 7) is 4.91. The molecule has 0 heterocycles. The van der Waals surface area contributed by atoms with Crippen LogP contribution in [-0.2, 0) is 14.3 Å². The Morgan fingerprint density at radius 3 is 0.973 bits per heavy atom. The summed E-state index contributed by atoms with van der Waals surface area (Å²) in [5.74, 6) is -0.0694. The van der Waals surface area contributed by atoms with Crippen LogP contribution >= 0.6 is 0 Å². The van der Waals surface area contributed by atoms with Gasteiger partial charge in [-0.15, -0.1) is 0 Å². The topological polar surface area (TPSA) is 95.9 Å². The van der Waals surface area contributed by atoms with E-state index in [4.69, 9.17) is 4.74 Å². The summed E-state index contributed by atoms with van der Waals surface area (Å²) in [5.41, 5.74) is 0. The number of amides is 1. The number of hydrogen-bond acceptors (Lipinski definition) is 5. The quantitative estimate of drug-likeness (QED) is 0.0320. The average molecular weight is 1040 g/mol. The van der Waals surface area contributed by atoms with E-state index in [9.17, 15) is 19.8 Å². The second kappa shape index (κ2) is 63.6. The molecule has 2 atom stereocenters. The molecule has 2 unspecified atom stereocenters. The predicted octanol–water partition coefficient (Wildman–Crippen LogP) is 21.1. The van der Waals surface area contributed by atoms with E-state index in [0.29, 0.717) is 19.4 Å². The van der Waals surface area contributed by atoms with Crippen molar-refractivity contribution in [3.8, 4) is 0 Å². The fourth-order valence-corrected chi connectivity index (χ4v) is 10.3. The number of aliphatic hydroxyl groups is 2. The van der Waals surface area contributed by atoms with Gasteiger partial charge in [0, 0.05) is 12.8 Å². The number of allylic oxidation sites excluding steroid dienone is 5. The highest BCUT2D eigenvalue weighted by molar-refractivity contribution is 5.76. The maximum Gasteiger partial charge on any atom is 0.305 e. The molecule has 0 aliphatic heterocycles. The fraction of sp³-hybridized carbons (Fsp3) is 0.882. The van der Waals surface area contributed by atoms with Crippen LogP contribution in [0.25, 0.3) is 0 Å². The predicted molar refractivity (Wildman–Crippen MR) is 324 cm³/mol. The van der Waals surface area contributed by atoms with Crippen molar-refractivity contribution >= 4 is 11.9 Å². The molecule has 6 nitrogen and oxygen atoms in total. The van der Waals surface area contributed by atoms with Crippen molar-refractivity contribution in [1.29, 1.82) is 0 Å². The van der Waals surface area contributed by atoms with Crippen molar-refractivity contribution in [2.75, 3.05) is 13.2 Å². The molecular formula is C68H129NO5. The standard InChI is InChI=1S/C68H129NO5/c1-3-5-7-9-11-13-15-17-18-19-20-24-27-30-33-37-40-44-48-52-56-60-66(71)65(64-70)69-67(72)61-57-53-49-45-41-38-34-31-28-25-22-21-23-26-29-32-35-39-43-47-51-55-59-63-74-68(73)62-58-54-50-46-42-36-16-14-12-10-8-6-4-2/h14,16,25,28,56,60,65-66,70-71H,3-13,15,17-24,26-27,29-55,57-59,61-64H2,1-2H3,(H,69,72)/b16-14-,28-25-,60-56+. The number of esters is 1. The minimum atomic E-state index is -0.850. The fourth-order valence-electron chi connectivity index (χ4n) is 10.3. The first-order chi connectivity index (χ1) is 36.5. The molecule has 0 fully saturated rings. The van der Waals surface area contributed by atoms with Crippen molar-refractivity contribution in [2.45, 2.75) is 373 Å². The Kier molecular flexibility index (Phi) is 62.0. The van der Waals surface area contributed by atoms with E-state index in [2.05, 4.69) is 43.5 Å². The minimum Gasteiger partial charge on any atom is -0.466 e. The van der Waals surface area contributed by atoms with Gasteiger partial charge in [-0.25, -0.2) is 0 Å². The highest BCUT2D eigenvalue weighted by Gasteiger charge is 2.18. The molecule has 0 saturated carbocycles. The summed E-state index contributed by atoms with van der Waals surface area (Å²) >= 11 is 0. The van der Waals surface area contributed by atoms with Gasteiger partial charge in [-0.05, 0) is 83.5 Å². The Hall–Kier alpha value is -1.92. The van der Waals surface area contributed by atoms with E-state index in [1.165, 1.54) is 283 Å². The number of rotatable bonds is 62. The zero-order chi connectivity index (χ0) is 53.6. The van der Waals surface area contributed by atoms with Crippen LogP contribution in [0.4, 0.5) is 0 Å². The van der Waals surface area contributed by atoms with Crippen molar-refractivity contribution < 1.29 is 24.5 Å². The number of hydrogen-bond donors (Lipinski definition) is 3. The van der Waals surface area contributed by atoms with Gasteiger partial charge in [0.2, 0.25) is 5.91 Å². The lowest BCUT2D eigenvalue weighted by atomic mass is 10.0. The third-order valence-electron chi connectivity index (χ3n) is 15.4. The molecule has 3 N–H and O–H groups in total. The second-order valence-corrected chi connectivity index (χ2v) is 22.8. The van der Waals surface area contributed by atoms with Crippen LogP contribution in [0, 0.1) is 0 Å². The number of unbranched alkanes of at least 4 members (excludes halogenated alkanes) is 47. The lowest BCUT2D eigenvalue weighted by molar-refractivity contribution is -0.143. The average Bonchev–Trinajstić information content (AvgIpc) is 3.40. The molecular weight excluding hydrogens is 911 g/mol. The number of ether oxygens (including phenoxy) is 1. The SMILES string of the molecule is CCCCCC/C=C\CCCCCCCC(=O)OCCCCCCCCCCCCCC/C=C\CCCCCCCCCC(=O)NC(CO)C(O)/C=C/CCCCCCCCCCCCCCCCCCCCC. The van der Waals surface area contributed by atoms with E-state index in [1.54, 1.807) is 6.08 Å². The van der Waals surface area contributed by atoms with Crippen molar-refractivity contribution in [2.24, 2.45) is 0 Å². The highest BCUT2D eigenvalue weighted by atomic mass is 16.5. The van der Waals surface area contributed by atoms with Gasteiger partial charge in [-0.2, -0.15) is 0 Å². The third-order valence-corrected chi connectivity index (χ3v) is 15.4. The van der Waals surface area contributed by atoms with Gasteiger partial charge in [0.15, 0.2) is 0 Å². The second-order valence-electron chi connectivity index (χ2n) is 22.8. The molecule has 0 aliphatic rings. The molecule has 74 heavy (non-hydrogen) atoms. The lowest BCUT2D eigenvalue weighted by Gasteiger charge is -2.20. The zero-order valence-electron chi connectivity index (χ0n) is 49.8. The molecule has 0 spiro atoms. The van der Waals surface area contributed by atoms with Crippen molar-refractivity contribution in [3.05, 3.63) is 36.5 Å². The third kappa shape index (κ3) is 59.3. The molecule has 0 rings (SSSR count). The Balaban J connectivity index is 3.45. The molecule has 6 heteroatoms. The van der Waals surface area contributed by atoms with Gasteiger partial charge in [0.25, 0.3) is 0 Å². The van der Waals surface area contributed by atoms with E-state index in [0.717, 1.165) is 51.4 Å².